The summed E-state index contributed by atoms with van der Waals surface area (Å²) in [6.45, 7) is 1.41. The van der Waals surface area contributed by atoms with Crippen LogP contribution in [-0.2, 0) is 14.8 Å². The van der Waals surface area contributed by atoms with Crippen molar-refractivity contribution < 1.29 is 13.2 Å². The summed E-state index contributed by atoms with van der Waals surface area (Å²) in [5.74, 6) is 0.103. The average Bonchev–Trinajstić information content (AvgIpc) is 3.03. The lowest BCUT2D eigenvalue weighted by Gasteiger charge is -2.20. The molecule has 23 heavy (non-hydrogen) atoms. The topological polar surface area (TPSA) is 83.7 Å². The van der Waals surface area contributed by atoms with E-state index < -0.39 is 10.0 Å². The van der Waals surface area contributed by atoms with Crippen LogP contribution in [-0.4, -0.2) is 61.5 Å². The minimum absolute atomic E-state index is 0. The Kier molecular flexibility index (Phi) is 5.67. The molecule has 0 aromatic heterocycles. The third kappa shape index (κ3) is 3.85. The third-order valence-corrected chi connectivity index (χ3v) is 6.36. The van der Waals surface area contributed by atoms with E-state index in [2.05, 4.69) is 0 Å². The standard InChI is InChI=1S/C15H21N3O3S.ClH/c16-14-10-17(9-13(14)12-5-2-1-3-6-12)15(19)11-18-7-4-8-22(18,20)21;/h1-3,5-6,13-14H,4,7-11,16H2;1H/t13-,14+;/m0./s1. The molecule has 2 saturated heterocycles. The van der Waals surface area contributed by atoms with Crippen molar-refractivity contribution >= 4 is 28.3 Å². The van der Waals surface area contributed by atoms with E-state index in [0.29, 0.717) is 26.1 Å². The number of carbonyl (C=O) groups excluding carboxylic acids is 1. The molecule has 2 aliphatic rings. The Morgan fingerprint density at radius 1 is 1.22 bits per heavy atom. The molecule has 2 fully saturated rings. The van der Waals surface area contributed by atoms with Crippen LogP contribution in [0.3, 0.4) is 0 Å². The van der Waals surface area contributed by atoms with E-state index >= 15 is 0 Å². The smallest absolute Gasteiger partial charge is 0.237 e. The maximum absolute atomic E-state index is 12.4. The fourth-order valence-corrected chi connectivity index (χ4v) is 4.67. The SMILES string of the molecule is Cl.N[C@@H]1CN(C(=O)CN2CCCS2(=O)=O)C[C@H]1c1ccccc1. The van der Waals surface area contributed by atoms with Gasteiger partial charge < -0.3 is 10.6 Å². The van der Waals surface area contributed by atoms with Gasteiger partial charge in [0.1, 0.15) is 0 Å². The van der Waals surface area contributed by atoms with E-state index in [9.17, 15) is 13.2 Å². The van der Waals surface area contributed by atoms with Gasteiger partial charge in [-0.1, -0.05) is 30.3 Å². The van der Waals surface area contributed by atoms with Gasteiger partial charge in [0, 0.05) is 31.6 Å². The summed E-state index contributed by atoms with van der Waals surface area (Å²) < 4.78 is 24.9. The largest absolute Gasteiger partial charge is 0.339 e. The van der Waals surface area contributed by atoms with Crippen LogP contribution in [0.4, 0.5) is 0 Å². The van der Waals surface area contributed by atoms with Gasteiger partial charge in [-0.05, 0) is 12.0 Å². The summed E-state index contributed by atoms with van der Waals surface area (Å²) in [6, 6.07) is 9.80. The number of nitrogens with zero attached hydrogens (tertiary/aromatic N) is 2. The molecule has 2 N–H and O–H groups in total. The number of hydrogen-bond donors (Lipinski definition) is 1. The average molecular weight is 360 g/mol. The molecule has 1 aromatic carbocycles. The Morgan fingerprint density at radius 3 is 2.52 bits per heavy atom. The predicted molar refractivity (Wildman–Crippen MR) is 91.0 cm³/mol. The molecule has 0 radical (unpaired) electrons. The summed E-state index contributed by atoms with van der Waals surface area (Å²) in [5, 5.41) is 0. The van der Waals surface area contributed by atoms with Gasteiger partial charge >= 0.3 is 0 Å². The number of hydrogen-bond acceptors (Lipinski definition) is 4. The number of nitrogens with two attached hydrogens (primary N) is 1. The zero-order chi connectivity index (χ0) is 15.7. The lowest BCUT2D eigenvalue weighted by atomic mass is 9.95. The summed E-state index contributed by atoms with van der Waals surface area (Å²) in [5.41, 5.74) is 7.30. The minimum atomic E-state index is -3.24. The van der Waals surface area contributed by atoms with E-state index in [0.717, 1.165) is 5.56 Å². The fraction of sp³-hybridized carbons (Fsp3) is 0.533. The molecule has 2 heterocycles. The van der Waals surface area contributed by atoms with Gasteiger partial charge in [0.05, 0.1) is 12.3 Å². The zero-order valence-corrected chi connectivity index (χ0v) is 14.4. The first kappa shape index (κ1) is 18.2. The first-order valence-corrected chi connectivity index (χ1v) is 9.14. The molecule has 0 aliphatic carbocycles. The van der Waals surface area contributed by atoms with Crippen molar-refractivity contribution in [2.75, 3.05) is 31.9 Å². The fourth-order valence-electron chi connectivity index (χ4n) is 3.21. The maximum Gasteiger partial charge on any atom is 0.237 e. The molecule has 6 nitrogen and oxygen atoms in total. The van der Waals surface area contributed by atoms with Crippen LogP contribution in [0.5, 0.6) is 0 Å². The second kappa shape index (κ2) is 7.17. The first-order chi connectivity index (χ1) is 10.5. The van der Waals surface area contributed by atoms with Gasteiger partial charge in [0.25, 0.3) is 0 Å². The van der Waals surface area contributed by atoms with Crippen molar-refractivity contribution in [3.63, 3.8) is 0 Å². The molecule has 0 unspecified atom stereocenters. The highest BCUT2D eigenvalue weighted by atomic mass is 35.5. The third-order valence-electron chi connectivity index (χ3n) is 4.46. The first-order valence-electron chi connectivity index (χ1n) is 7.53. The lowest BCUT2D eigenvalue weighted by molar-refractivity contribution is -0.130. The Hall–Kier alpha value is -1.15. The number of rotatable bonds is 3. The van der Waals surface area contributed by atoms with Gasteiger partial charge in [0.15, 0.2) is 0 Å². The van der Waals surface area contributed by atoms with Crippen molar-refractivity contribution in [1.82, 2.24) is 9.21 Å². The van der Waals surface area contributed by atoms with Crippen molar-refractivity contribution in [2.45, 2.75) is 18.4 Å². The lowest BCUT2D eigenvalue weighted by Crippen LogP contribution is -2.40. The second-order valence-corrected chi connectivity index (χ2v) is 8.07. The van der Waals surface area contributed by atoms with Crippen molar-refractivity contribution in [3.05, 3.63) is 35.9 Å². The molecule has 2 atom stereocenters. The highest BCUT2D eigenvalue weighted by Crippen LogP contribution is 2.26. The van der Waals surface area contributed by atoms with Crippen LogP contribution in [0.15, 0.2) is 30.3 Å². The molecule has 1 amide bonds. The molecule has 128 valence electrons. The highest BCUT2D eigenvalue weighted by molar-refractivity contribution is 7.89. The van der Waals surface area contributed by atoms with Gasteiger partial charge in [-0.25, -0.2) is 8.42 Å². The number of carbonyl (C=O) groups is 1. The molecule has 3 rings (SSSR count). The quantitative estimate of drug-likeness (QED) is 0.846. The Balaban J connectivity index is 0.00000192. The Bertz CT molecular complexity index is 653. The van der Waals surface area contributed by atoms with Crippen LogP contribution in [0, 0.1) is 0 Å². The molecular formula is C15H22ClN3O3S. The van der Waals surface area contributed by atoms with Gasteiger partial charge in [0.2, 0.25) is 15.9 Å². The second-order valence-electron chi connectivity index (χ2n) is 5.98. The predicted octanol–water partition coefficient (Wildman–Crippen LogP) is 0.397. The molecular weight excluding hydrogens is 338 g/mol. The van der Waals surface area contributed by atoms with Crippen LogP contribution in [0.2, 0.25) is 0 Å². The molecule has 0 spiro atoms. The molecule has 2 aliphatic heterocycles. The molecule has 8 heteroatoms. The van der Waals surface area contributed by atoms with E-state index in [4.69, 9.17) is 5.73 Å². The van der Waals surface area contributed by atoms with Gasteiger partial charge in [-0.2, -0.15) is 4.31 Å². The normalized spacial score (nSPS) is 26.9. The zero-order valence-electron chi connectivity index (χ0n) is 12.8. The summed E-state index contributed by atoms with van der Waals surface area (Å²) >= 11 is 0. The molecule has 0 bridgehead atoms. The number of benzene rings is 1. The number of likely N-dealkylation sites (tertiary alicyclic amines) is 1. The van der Waals surface area contributed by atoms with Crippen LogP contribution < -0.4 is 5.73 Å². The number of amides is 1. The monoisotopic (exact) mass is 359 g/mol. The van der Waals surface area contributed by atoms with Crippen molar-refractivity contribution in [1.29, 1.82) is 0 Å². The summed E-state index contributed by atoms with van der Waals surface area (Å²) in [4.78, 5) is 14.1. The Labute approximate surface area is 143 Å². The van der Waals surface area contributed by atoms with Crippen LogP contribution >= 0.6 is 12.4 Å². The highest BCUT2D eigenvalue weighted by Gasteiger charge is 2.36. The molecule has 0 saturated carbocycles. The minimum Gasteiger partial charge on any atom is -0.339 e. The Morgan fingerprint density at radius 2 is 1.91 bits per heavy atom. The van der Waals surface area contributed by atoms with Gasteiger partial charge in [-0.15, -0.1) is 12.4 Å². The van der Waals surface area contributed by atoms with Crippen molar-refractivity contribution in [2.24, 2.45) is 5.73 Å². The summed E-state index contributed by atoms with van der Waals surface area (Å²) in [6.07, 6.45) is 0.599. The maximum atomic E-state index is 12.4. The van der Waals surface area contributed by atoms with Crippen LogP contribution in [0.25, 0.3) is 0 Å². The van der Waals surface area contributed by atoms with E-state index in [-0.39, 0.29) is 42.6 Å². The van der Waals surface area contributed by atoms with E-state index in [1.807, 2.05) is 30.3 Å². The van der Waals surface area contributed by atoms with Crippen molar-refractivity contribution in [3.8, 4) is 0 Å². The van der Waals surface area contributed by atoms with Crippen LogP contribution in [0.1, 0.15) is 17.9 Å². The molecule has 1 aromatic rings. The number of halogens is 1. The summed E-state index contributed by atoms with van der Waals surface area (Å²) in [7, 11) is -3.24. The van der Waals surface area contributed by atoms with E-state index in [1.165, 1.54) is 4.31 Å². The van der Waals surface area contributed by atoms with E-state index in [1.54, 1.807) is 4.90 Å². The van der Waals surface area contributed by atoms with Gasteiger partial charge in [-0.3, -0.25) is 4.79 Å². The number of sulfonamides is 1.